The summed E-state index contributed by atoms with van der Waals surface area (Å²) in [5.74, 6) is 0.578. The highest BCUT2D eigenvalue weighted by Crippen LogP contribution is 2.16. The van der Waals surface area contributed by atoms with Crippen molar-refractivity contribution < 1.29 is 0 Å². The minimum Gasteiger partial charge on any atom is -0.359 e. The SMILES string of the molecule is CN/C(=N/C#N)NC1CC[CH]CC1. The van der Waals surface area contributed by atoms with Crippen LogP contribution in [0.4, 0.5) is 0 Å². The third-order valence-corrected chi connectivity index (χ3v) is 2.18. The van der Waals surface area contributed by atoms with Gasteiger partial charge in [-0.15, -0.1) is 4.99 Å². The Hall–Kier alpha value is -1.24. The summed E-state index contributed by atoms with van der Waals surface area (Å²) in [5, 5.41) is 14.4. The number of nitriles is 1. The number of guanidine groups is 1. The largest absolute Gasteiger partial charge is 0.359 e. The quantitative estimate of drug-likeness (QED) is 0.355. The molecule has 0 aliphatic heterocycles. The lowest BCUT2D eigenvalue weighted by atomic mass is 9.96. The molecular formula is C9H15N4. The summed E-state index contributed by atoms with van der Waals surface area (Å²) >= 11 is 0. The van der Waals surface area contributed by atoms with Crippen LogP contribution in [0.1, 0.15) is 25.7 Å². The first kappa shape index (κ1) is 9.85. The Morgan fingerprint density at radius 3 is 2.77 bits per heavy atom. The maximum Gasteiger partial charge on any atom is 0.209 e. The molecule has 1 aliphatic carbocycles. The molecule has 1 saturated carbocycles. The van der Waals surface area contributed by atoms with E-state index >= 15 is 0 Å². The first-order valence-electron chi connectivity index (χ1n) is 4.59. The molecule has 1 aliphatic rings. The lowest BCUT2D eigenvalue weighted by Gasteiger charge is -2.23. The molecule has 0 saturated heterocycles. The molecule has 1 rings (SSSR count). The van der Waals surface area contributed by atoms with E-state index in [9.17, 15) is 0 Å². The average Bonchev–Trinajstić information content (AvgIpc) is 2.19. The van der Waals surface area contributed by atoms with Gasteiger partial charge in [-0.2, -0.15) is 5.26 Å². The zero-order valence-corrected chi connectivity index (χ0v) is 7.88. The highest BCUT2D eigenvalue weighted by atomic mass is 15.2. The van der Waals surface area contributed by atoms with Crippen molar-refractivity contribution in [2.24, 2.45) is 4.99 Å². The van der Waals surface area contributed by atoms with E-state index in [0.717, 1.165) is 25.7 Å². The standard InChI is InChI=1S/C9H15N4/c1-11-9(12-7-10)13-8-5-3-2-4-6-8/h2,8H,3-6H2,1H3,(H2,11,12,13). The first-order valence-corrected chi connectivity index (χ1v) is 4.59. The molecule has 1 fully saturated rings. The number of aliphatic imine (C=N–C) groups is 1. The predicted molar refractivity (Wildman–Crippen MR) is 51.8 cm³/mol. The van der Waals surface area contributed by atoms with Crippen LogP contribution in [0.3, 0.4) is 0 Å². The molecule has 1 radical (unpaired) electrons. The van der Waals surface area contributed by atoms with Gasteiger partial charge >= 0.3 is 0 Å². The van der Waals surface area contributed by atoms with Crippen molar-refractivity contribution in [3.63, 3.8) is 0 Å². The minimum atomic E-state index is 0.463. The van der Waals surface area contributed by atoms with Crippen molar-refractivity contribution in [2.45, 2.75) is 31.7 Å². The maximum atomic E-state index is 8.37. The van der Waals surface area contributed by atoms with E-state index in [2.05, 4.69) is 22.0 Å². The fourth-order valence-corrected chi connectivity index (χ4v) is 1.47. The smallest absolute Gasteiger partial charge is 0.209 e. The van der Waals surface area contributed by atoms with Gasteiger partial charge in [0.1, 0.15) is 0 Å². The molecule has 4 nitrogen and oxygen atoms in total. The maximum absolute atomic E-state index is 8.37. The van der Waals surface area contributed by atoms with E-state index in [1.807, 2.05) is 0 Å². The third kappa shape index (κ3) is 3.32. The number of nitrogens with one attached hydrogen (secondary N) is 2. The van der Waals surface area contributed by atoms with Gasteiger partial charge in [0.15, 0.2) is 0 Å². The van der Waals surface area contributed by atoms with Crippen LogP contribution in [0.15, 0.2) is 4.99 Å². The predicted octanol–water partition coefficient (Wildman–Crippen LogP) is 0.779. The lowest BCUT2D eigenvalue weighted by Crippen LogP contribution is -2.42. The zero-order valence-electron chi connectivity index (χ0n) is 7.88. The molecule has 0 aromatic heterocycles. The highest BCUT2D eigenvalue weighted by Gasteiger charge is 2.13. The van der Waals surface area contributed by atoms with Gasteiger partial charge in [0.2, 0.25) is 12.2 Å². The summed E-state index contributed by atoms with van der Waals surface area (Å²) in [6.45, 7) is 0. The monoisotopic (exact) mass is 179 g/mol. The van der Waals surface area contributed by atoms with Crippen LogP contribution in [-0.2, 0) is 0 Å². The first-order chi connectivity index (χ1) is 6.36. The molecule has 0 unspecified atom stereocenters. The molecule has 13 heavy (non-hydrogen) atoms. The Labute approximate surface area is 79.0 Å². The Bertz CT molecular complexity index is 210. The molecule has 4 heteroatoms. The summed E-state index contributed by atoms with van der Waals surface area (Å²) < 4.78 is 0. The van der Waals surface area contributed by atoms with E-state index in [1.165, 1.54) is 0 Å². The minimum absolute atomic E-state index is 0.463. The Morgan fingerprint density at radius 1 is 1.54 bits per heavy atom. The number of hydrogen-bond donors (Lipinski definition) is 2. The van der Waals surface area contributed by atoms with Gasteiger partial charge in [0, 0.05) is 13.1 Å². The molecule has 0 spiro atoms. The van der Waals surface area contributed by atoms with Gasteiger partial charge in [-0.1, -0.05) is 0 Å². The fraction of sp³-hybridized carbons (Fsp3) is 0.667. The van der Waals surface area contributed by atoms with Gasteiger partial charge in [0.25, 0.3) is 0 Å². The Morgan fingerprint density at radius 2 is 2.23 bits per heavy atom. The fourth-order valence-electron chi connectivity index (χ4n) is 1.47. The van der Waals surface area contributed by atoms with Crippen molar-refractivity contribution in [2.75, 3.05) is 7.05 Å². The normalized spacial score (nSPS) is 19.2. The second kappa shape index (κ2) is 5.41. The van der Waals surface area contributed by atoms with Crippen molar-refractivity contribution in [1.29, 1.82) is 5.26 Å². The van der Waals surface area contributed by atoms with E-state index in [0.29, 0.717) is 12.0 Å². The van der Waals surface area contributed by atoms with Crippen LogP contribution in [-0.4, -0.2) is 19.0 Å². The van der Waals surface area contributed by atoms with Crippen LogP contribution in [0, 0.1) is 17.9 Å². The molecule has 0 bridgehead atoms. The van der Waals surface area contributed by atoms with E-state index in [-0.39, 0.29) is 0 Å². The second-order valence-corrected chi connectivity index (χ2v) is 3.10. The zero-order chi connectivity index (χ0) is 9.52. The second-order valence-electron chi connectivity index (χ2n) is 3.10. The molecule has 0 aromatic rings. The lowest BCUT2D eigenvalue weighted by molar-refractivity contribution is 0.466. The van der Waals surface area contributed by atoms with E-state index < -0.39 is 0 Å². The van der Waals surface area contributed by atoms with Gasteiger partial charge in [-0.05, 0) is 32.1 Å². The Kier molecular flexibility index (Phi) is 4.10. The van der Waals surface area contributed by atoms with Crippen LogP contribution >= 0.6 is 0 Å². The summed E-state index contributed by atoms with van der Waals surface area (Å²) in [6.07, 6.45) is 8.64. The van der Waals surface area contributed by atoms with Gasteiger partial charge in [-0.25, -0.2) is 0 Å². The van der Waals surface area contributed by atoms with Crippen LogP contribution < -0.4 is 10.6 Å². The highest BCUT2D eigenvalue weighted by molar-refractivity contribution is 5.80. The summed E-state index contributed by atoms with van der Waals surface area (Å²) in [5.41, 5.74) is 0. The summed E-state index contributed by atoms with van der Waals surface area (Å²) in [6, 6.07) is 0.463. The average molecular weight is 179 g/mol. The molecule has 0 heterocycles. The van der Waals surface area contributed by atoms with Crippen molar-refractivity contribution >= 4 is 5.96 Å². The molecule has 2 N–H and O–H groups in total. The van der Waals surface area contributed by atoms with Gasteiger partial charge < -0.3 is 10.6 Å². The molecule has 0 aromatic carbocycles. The summed E-state index contributed by atoms with van der Waals surface area (Å²) in [4.78, 5) is 3.63. The van der Waals surface area contributed by atoms with Crippen LogP contribution in [0.5, 0.6) is 0 Å². The van der Waals surface area contributed by atoms with Crippen LogP contribution in [0.25, 0.3) is 0 Å². The van der Waals surface area contributed by atoms with Crippen molar-refractivity contribution in [3.05, 3.63) is 6.42 Å². The molecule has 0 atom stereocenters. The van der Waals surface area contributed by atoms with Crippen molar-refractivity contribution in [1.82, 2.24) is 10.6 Å². The van der Waals surface area contributed by atoms with Crippen LogP contribution in [0.2, 0.25) is 0 Å². The van der Waals surface area contributed by atoms with Gasteiger partial charge in [0.05, 0.1) is 0 Å². The summed E-state index contributed by atoms with van der Waals surface area (Å²) in [7, 11) is 1.76. The topological polar surface area (TPSA) is 60.2 Å². The Balaban J connectivity index is 2.37. The number of rotatable bonds is 1. The molecular weight excluding hydrogens is 164 g/mol. The molecule has 0 amide bonds. The third-order valence-electron chi connectivity index (χ3n) is 2.18. The van der Waals surface area contributed by atoms with E-state index in [4.69, 9.17) is 5.26 Å². The number of hydrogen-bond acceptors (Lipinski definition) is 2. The van der Waals surface area contributed by atoms with E-state index in [1.54, 1.807) is 13.2 Å². The van der Waals surface area contributed by atoms with Gasteiger partial charge in [-0.3, -0.25) is 0 Å². The van der Waals surface area contributed by atoms with Crippen molar-refractivity contribution in [3.8, 4) is 6.19 Å². The number of nitrogens with zero attached hydrogens (tertiary/aromatic N) is 2. The molecule has 71 valence electrons.